The van der Waals surface area contributed by atoms with Crippen molar-refractivity contribution in [2.75, 3.05) is 12.9 Å². The van der Waals surface area contributed by atoms with Crippen LogP contribution in [-0.4, -0.2) is 32.4 Å². The predicted molar refractivity (Wildman–Crippen MR) is 114 cm³/mol. The molecule has 0 aliphatic rings. The highest BCUT2D eigenvalue weighted by molar-refractivity contribution is 7.90. The van der Waals surface area contributed by atoms with Crippen molar-refractivity contribution in [3.63, 3.8) is 0 Å². The maximum atomic E-state index is 13.0. The maximum absolute atomic E-state index is 13.0. The fraction of sp³-hybridized carbons (Fsp3) is 0.364. The minimum atomic E-state index is -3.61. The summed E-state index contributed by atoms with van der Waals surface area (Å²) in [5.41, 5.74) is -0.210. The number of rotatable bonds is 9. The summed E-state index contributed by atoms with van der Waals surface area (Å²) in [5, 5.41) is 9.29. The molecule has 0 spiro atoms. The SMILES string of the molecule is CCCCCCCOc1cc(S(C)(=O)=O)cc2c(=O)c3cc(C(=O)O)ccc3oc12. The summed E-state index contributed by atoms with van der Waals surface area (Å²) in [6.45, 7) is 2.50. The van der Waals surface area contributed by atoms with Crippen LogP contribution in [0.2, 0.25) is 0 Å². The number of hydrogen-bond donors (Lipinski definition) is 1. The first-order valence-corrected chi connectivity index (χ1v) is 11.7. The first-order valence-electron chi connectivity index (χ1n) is 9.83. The minimum absolute atomic E-state index is 0.0361. The average Bonchev–Trinajstić information content (AvgIpc) is 2.69. The van der Waals surface area contributed by atoms with Gasteiger partial charge in [-0.05, 0) is 30.7 Å². The monoisotopic (exact) mass is 432 g/mol. The van der Waals surface area contributed by atoms with Gasteiger partial charge in [0.1, 0.15) is 5.58 Å². The molecule has 8 heteroatoms. The lowest BCUT2D eigenvalue weighted by Crippen LogP contribution is -2.08. The lowest BCUT2D eigenvalue weighted by molar-refractivity contribution is 0.0697. The van der Waals surface area contributed by atoms with Crippen LogP contribution in [0.25, 0.3) is 21.9 Å². The maximum Gasteiger partial charge on any atom is 0.335 e. The molecule has 0 saturated heterocycles. The van der Waals surface area contributed by atoms with Gasteiger partial charge in [-0.25, -0.2) is 13.2 Å². The van der Waals surface area contributed by atoms with Crippen LogP contribution in [0, 0.1) is 0 Å². The Morgan fingerprint density at radius 1 is 1.07 bits per heavy atom. The molecule has 7 nitrogen and oxygen atoms in total. The number of fused-ring (bicyclic) bond motifs is 2. The summed E-state index contributed by atoms with van der Waals surface area (Å²) < 4.78 is 35.9. The molecular weight excluding hydrogens is 408 g/mol. The van der Waals surface area contributed by atoms with Crippen LogP contribution < -0.4 is 10.2 Å². The van der Waals surface area contributed by atoms with Crippen molar-refractivity contribution >= 4 is 37.7 Å². The van der Waals surface area contributed by atoms with Gasteiger partial charge in [-0.1, -0.05) is 32.6 Å². The molecule has 0 aliphatic heterocycles. The fourth-order valence-corrected chi connectivity index (χ4v) is 3.90. The molecule has 1 heterocycles. The van der Waals surface area contributed by atoms with Gasteiger partial charge >= 0.3 is 5.97 Å². The van der Waals surface area contributed by atoms with Gasteiger partial charge in [0.25, 0.3) is 0 Å². The number of carbonyl (C=O) groups is 1. The zero-order valence-corrected chi connectivity index (χ0v) is 17.8. The lowest BCUT2D eigenvalue weighted by Gasteiger charge is -2.11. The summed E-state index contributed by atoms with van der Waals surface area (Å²) in [4.78, 5) is 24.2. The van der Waals surface area contributed by atoms with Gasteiger partial charge in [0.15, 0.2) is 21.2 Å². The Labute approximate surface area is 174 Å². The first kappa shape index (κ1) is 21.8. The van der Waals surface area contributed by atoms with Crippen LogP contribution in [0.5, 0.6) is 5.75 Å². The number of benzene rings is 2. The van der Waals surface area contributed by atoms with E-state index in [2.05, 4.69) is 6.92 Å². The number of carboxylic acid groups (broad SMARTS) is 1. The summed E-state index contributed by atoms with van der Waals surface area (Å²) in [5.74, 6) is -0.988. The Morgan fingerprint density at radius 2 is 1.80 bits per heavy atom. The van der Waals surface area contributed by atoms with E-state index in [1.54, 1.807) is 0 Å². The van der Waals surface area contributed by atoms with Crippen molar-refractivity contribution < 1.29 is 27.5 Å². The topological polar surface area (TPSA) is 111 Å². The second kappa shape index (κ2) is 8.87. The van der Waals surface area contributed by atoms with E-state index in [9.17, 15) is 23.1 Å². The molecule has 0 unspecified atom stereocenters. The lowest BCUT2D eigenvalue weighted by atomic mass is 10.1. The number of sulfone groups is 1. The van der Waals surface area contributed by atoms with E-state index in [1.807, 2.05) is 0 Å². The third-order valence-electron chi connectivity index (χ3n) is 4.89. The summed E-state index contributed by atoms with van der Waals surface area (Å²) >= 11 is 0. The molecule has 1 aromatic heterocycles. The molecule has 3 rings (SSSR count). The molecule has 0 saturated carbocycles. The number of ether oxygens (including phenoxy) is 1. The molecule has 0 aliphatic carbocycles. The average molecular weight is 432 g/mol. The third kappa shape index (κ3) is 4.64. The third-order valence-corrected chi connectivity index (χ3v) is 5.98. The number of hydrogen-bond acceptors (Lipinski definition) is 6. The van der Waals surface area contributed by atoms with Crippen LogP contribution in [-0.2, 0) is 9.84 Å². The van der Waals surface area contributed by atoms with Crippen molar-refractivity contribution in [2.45, 2.75) is 43.9 Å². The van der Waals surface area contributed by atoms with Gasteiger partial charge < -0.3 is 14.3 Å². The number of aromatic carboxylic acids is 1. The van der Waals surface area contributed by atoms with E-state index < -0.39 is 21.2 Å². The molecular formula is C22H24O7S. The van der Waals surface area contributed by atoms with Crippen LogP contribution in [0.15, 0.2) is 44.4 Å². The molecule has 0 radical (unpaired) electrons. The molecule has 1 N–H and O–H groups in total. The van der Waals surface area contributed by atoms with Gasteiger partial charge in [0.2, 0.25) is 5.43 Å². The van der Waals surface area contributed by atoms with E-state index >= 15 is 0 Å². The standard InChI is InChI=1S/C22H24O7S/c1-3-4-5-6-7-10-28-19-13-15(30(2,26)27)12-17-20(23)16-11-14(22(24)25)8-9-18(16)29-21(17)19/h8-9,11-13H,3-7,10H2,1-2H3,(H,24,25). The minimum Gasteiger partial charge on any atom is -0.490 e. The Kier molecular flexibility index (Phi) is 6.45. The van der Waals surface area contributed by atoms with Crippen molar-refractivity contribution in [2.24, 2.45) is 0 Å². The Bertz CT molecular complexity index is 1260. The van der Waals surface area contributed by atoms with E-state index in [0.717, 1.165) is 38.4 Å². The molecule has 0 amide bonds. The zero-order chi connectivity index (χ0) is 21.9. The Balaban J connectivity index is 2.11. The quantitative estimate of drug-likeness (QED) is 0.394. The van der Waals surface area contributed by atoms with Crippen LogP contribution in [0.4, 0.5) is 0 Å². The second-order valence-corrected chi connectivity index (χ2v) is 9.30. The molecule has 0 atom stereocenters. The Hall–Kier alpha value is -2.87. The van der Waals surface area contributed by atoms with Crippen molar-refractivity contribution in [3.8, 4) is 5.75 Å². The molecule has 3 aromatic rings. The smallest absolute Gasteiger partial charge is 0.335 e. The van der Waals surface area contributed by atoms with Crippen LogP contribution in [0.1, 0.15) is 49.4 Å². The highest BCUT2D eigenvalue weighted by Gasteiger charge is 2.19. The molecule has 0 bridgehead atoms. The van der Waals surface area contributed by atoms with E-state index in [1.165, 1.54) is 30.3 Å². The van der Waals surface area contributed by atoms with Crippen molar-refractivity contribution in [1.29, 1.82) is 0 Å². The number of unbranched alkanes of at least 4 members (excludes halogenated alkanes) is 4. The van der Waals surface area contributed by atoms with Gasteiger partial charge in [0, 0.05) is 12.3 Å². The van der Waals surface area contributed by atoms with Crippen molar-refractivity contribution in [3.05, 3.63) is 46.1 Å². The largest absolute Gasteiger partial charge is 0.490 e. The predicted octanol–water partition coefficient (Wildman–Crippen LogP) is 4.40. The van der Waals surface area contributed by atoms with E-state index in [-0.39, 0.29) is 38.1 Å². The fourth-order valence-electron chi connectivity index (χ4n) is 3.24. The number of carboxylic acids is 1. The first-order chi connectivity index (χ1) is 14.2. The zero-order valence-electron chi connectivity index (χ0n) is 16.9. The highest BCUT2D eigenvalue weighted by Crippen LogP contribution is 2.31. The molecule has 160 valence electrons. The van der Waals surface area contributed by atoms with Crippen molar-refractivity contribution in [1.82, 2.24) is 0 Å². The molecule has 30 heavy (non-hydrogen) atoms. The van der Waals surface area contributed by atoms with Crippen LogP contribution >= 0.6 is 0 Å². The van der Waals surface area contributed by atoms with Gasteiger partial charge in [-0.2, -0.15) is 0 Å². The summed E-state index contributed by atoms with van der Waals surface area (Å²) in [6.07, 6.45) is 6.20. The second-order valence-electron chi connectivity index (χ2n) is 7.28. The van der Waals surface area contributed by atoms with Gasteiger partial charge in [0.05, 0.1) is 27.8 Å². The highest BCUT2D eigenvalue weighted by atomic mass is 32.2. The Morgan fingerprint density at radius 3 is 2.47 bits per heavy atom. The summed E-state index contributed by atoms with van der Waals surface area (Å²) in [7, 11) is -3.61. The van der Waals surface area contributed by atoms with Gasteiger partial charge in [-0.15, -0.1) is 0 Å². The van der Waals surface area contributed by atoms with Gasteiger partial charge in [-0.3, -0.25) is 4.79 Å². The normalized spacial score (nSPS) is 11.8. The summed E-state index contributed by atoms with van der Waals surface area (Å²) in [6, 6.07) is 6.60. The van der Waals surface area contributed by atoms with Crippen LogP contribution in [0.3, 0.4) is 0 Å². The molecule has 0 fully saturated rings. The molecule has 2 aromatic carbocycles. The van der Waals surface area contributed by atoms with E-state index in [0.29, 0.717) is 6.61 Å². The van der Waals surface area contributed by atoms with E-state index in [4.69, 9.17) is 9.15 Å².